The van der Waals surface area contributed by atoms with E-state index in [1.54, 1.807) is 21.8 Å². The summed E-state index contributed by atoms with van der Waals surface area (Å²) in [6.07, 6.45) is 3.58. The molecule has 11 heteroatoms. The number of fused-ring (bicyclic) bond motifs is 7. The van der Waals surface area contributed by atoms with Crippen LogP contribution in [0.3, 0.4) is 0 Å². The van der Waals surface area contributed by atoms with Gasteiger partial charge in [-0.25, -0.2) is 13.6 Å². The molecule has 2 amide bonds. The Morgan fingerprint density at radius 1 is 1.19 bits per heavy atom. The molecule has 1 aliphatic rings. The number of ether oxygens (including phenoxy) is 2. The average molecular weight is 503 g/mol. The van der Waals surface area contributed by atoms with E-state index in [9.17, 15) is 13.6 Å². The third-order valence-corrected chi connectivity index (χ3v) is 6.26. The van der Waals surface area contributed by atoms with E-state index in [4.69, 9.17) is 9.47 Å². The SMILES string of the molecule is CCN1C(=O)N[C@@H](CCC(C)(F)F)CCOCCOc2nc(cc3ccnn23)-c2ccnc(c2)[C@H]1C. The number of pyridine rings is 1. The van der Waals surface area contributed by atoms with Crippen molar-refractivity contribution in [3.8, 4) is 17.3 Å². The van der Waals surface area contributed by atoms with Crippen LogP contribution in [0, 0.1) is 0 Å². The Morgan fingerprint density at radius 3 is 2.81 bits per heavy atom. The van der Waals surface area contributed by atoms with Crippen LogP contribution in [0.15, 0.2) is 36.7 Å². The molecule has 4 rings (SSSR count). The first-order valence-electron chi connectivity index (χ1n) is 12.2. The minimum absolute atomic E-state index is 0.141. The predicted octanol–water partition coefficient (Wildman–Crippen LogP) is 4.49. The van der Waals surface area contributed by atoms with E-state index >= 15 is 0 Å². The molecule has 0 fully saturated rings. The normalized spacial score (nSPS) is 20.0. The number of aromatic nitrogens is 4. The Balaban J connectivity index is 1.66. The summed E-state index contributed by atoms with van der Waals surface area (Å²) in [5, 5.41) is 7.23. The molecule has 0 radical (unpaired) electrons. The zero-order valence-corrected chi connectivity index (χ0v) is 20.8. The van der Waals surface area contributed by atoms with Crippen LogP contribution in [-0.4, -0.2) is 68.8 Å². The van der Waals surface area contributed by atoms with Crippen LogP contribution in [0.25, 0.3) is 16.8 Å². The monoisotopic (exact) mass is 502 g/mol. The summed E-state index contributed by atoms with van der Waals surface area (Å²) in [5.41, 5.74) is 3.02. The van der Waals surface area contributed by atoms with Crippen LogP contribution in [0.5, 0.6) is 6.01 Å². The van der Waals surface area contributed by atoms with E-state index < -0.39 is 12.0 Å². The lowest BCUT2D eigenvalue weighted by molar-refractivity contribution is 0.00681. The molecular formula is C25H32F2N6O3. The zero-order valence-electron chi connectivity index (χ0n) is 20.8. The summed E-state index contributed by atoms with van der Waals surface area (Å²) in [5.74, 6) is -2.81. The molecule has 194 valence electrons. The smallest absolute Gasteiger partial charge is 0.318 e. The lowest BCUT2D eigenvalue weighted by Crippen LogP contribution is -2.46. The van der Waals surface area contributed by atoms with E-state index in [1.807, 2.05) is 38.1 Å². The molecule has 4 heterocycles. The second-order valence-electron chi connectivity index (χ2n) is 9.03. The Labute approximate surface area is 208 Å². The zero-order chi connectivity index (χ0) is 25.7. The van der Waals surface area contributed by atoms with Crippen LogP contribution in [0.1, 0.15) is 51.8 Å². The molecule has 3 aromatic rings. The molecule has 0 saturated heterocycles. The number of halogens is 2. The first kappa shape index (κ1) is 25.7. The van der Waals surface area contributed by atoms with Gasteiger partial charge in [-0.1, -0.05) is 0 Å². The van der Waals surface area contributed by atoms with Gasteiger partial charge in [-0.15, -0.1) is 0 Å². The standard InChI is InChI=1S/C25H32F2N6O3/c1-4-32-17(2)21-15-18(6-10-28-21)22-16-20-7-11-29-33(20)24(31-22)36-14-13-35-12-8-19(30-23(32)34)5-9-25(3,26)27/h6-7,10-11,15-17,19H,4-5,8-9,12-14H2,1-3H3,(H,30,34)/t17-,19+/m1/s1. The summed E-state index contributed by atoms with van der Waals surface area (Å²) < 4.78 is 40.3. The summed E-state index contributed by atoms with van der Waals surface area (Å²) in [6.45, 7) is 5.87. The number of nitrogens with one attached hydrogen (secondary N) is 1. The van der Waals surface area contributed by atoms with Crippen molar-refractivity contribution < 1.29 is 23.0 Å². The van der Waals surface area contributed by atoms with E-state index in [1.165, 1.54) is 0 Å². The van der Waals surface area contributed by atoms with E-state index in [-0.39, 0.29) is 44.7 Å². The maximum atomic E-state index is 13.6. The van der Waals surface area contributed by atoms with Gasteiger partial charge in [0.05, 0.1) is 35.8 Å². The Bertz CT molecular complexity index is 1180. The fraction of sp³-hybridized carbons (Fsp3) is 0.520. The molecule has 3 aromatic heterocycles. The van der Waals surface area contributed by atoms with Crippen molar-refractivity contribution in [1.29, 1.82) is 0 Å². The largest absolute Gasteiger partial charge is 0.461 e. The molecule has 2 atom stereocenters. The molecule has 9 nitrogen and oxygen atoms in total. The molecule has 1 N–H and O–H groups in total. The van der Waals surface area contributed by atoms with Crippen molar-refractivity contribution in [3.05, 3.63) is 42.4 Å². The van der Waals surface area contributed by atoms with Crippen molar-refractivity contribution in [2.75, 3.05) is 26.4 Å². The number of hydrogen-bond acceptors (Lipinski definition) is 6. The minimum Gasteiger partial charge on any atom is -0.461 e. The van der Waals surface area contributed by atoms with Gasteiger partial charge in [0.15, 0.2) is 0 Å². The van der Waals surface area contributed by atoms with Crippen LogP contribution >= 0.6 is 0 Å². The Kier molecular flexibility index (Phi) is 7.97. The molecule has 36 heavy (non-hydrogen) atoms. The highest BCUT2D eigenvalue weighted by Crippen LogP contribution is 2.27. The summed E-state index contributed by atoms with van der Waals surface area (Å²) in [4.78, 5) is 24.0. The van der Waals surface area contributed by atoms with Crippen molar-refractivity contribution in [2.45, 2.75) is 58.0 Å². The first-order valence-corrected chi connectivity index (χ1v) is 12.2. The predicted molar refractivity (Wildman–Crippen MR) is 130 cm³/mol. The number of nitrogens with zero attached hydrogens (tertiary/aromatic N) is 5. The lowest BCUT2D eigenvalue weighted by atomic mass is 10.1. The van der Waals surface area contributed by atoms with Crippen molar-refractivity contribution in [3.63, 3.8) is 0 Å². The number of rotatable bonds is 4. The van der Waals surface area contributed by atoms with Gasteiger partial charge in [0.1, 0.15) is 6.61 Å². The van der Waals surface area contributed by atoms with E-state index in [0.717, 1.165) is 18.0 Å². The molecule has 0 aliphatic carbocycles. The molecule has 0 saturated carbocycles. The van der Waals surface area contributed by atoms with E-state index in [0.29, 0.717) is 30.4 Å². The van der Waals surface area contributed by atoms with Gasteiger partial charge in [0, 0.05) is 37.4 Å². The van der Waals surface area contributed by atoms with Crippen molar-refractivity contribution in [2.24, 2.45) is 0 Å². The third-order valence-electron chi connectivity index (χ3n) is 6.26. The van der Waals surface area contributed by atoms with Gasteiger partial charge in [-0.3, -0.25) is 4.98 Å². The van der Waals surface area contributed by atoms with Gasteiger partial charge >= 0.3 is 12.0 Å². The number of carbonyl (C=O) groups is 1. The number of carbonyl (C=O) groups excluding carboxylic acids is 1. The van der Waals surface area contributed by atoms with Gasteiger partial charge in [-0.2, -0.15) is 14.6 Å². The molecule has 0 aromatic carbocycles. The topological polar surface area (TPSA) is 93.9 Å². The fourth-order valence-electron chi connectivity index (χ4n) is 4.23. The molecule has 4 bridgehead atoms. The summed E-state index contributed by atoms with van der Waals surface area (Å²) in [7, 11) is 0. The maximum Gasteiger partial charge on any atom is 0.318 e. The molecule has 0 unspecified atom stereocenters. The second kappa shape index (κ2) is 11.2. The van der Waals surface area contributed by atoms with Gasteiger partial charge < -0.3 is 19.7 Å². The fourth-order valence-corrected chi connectivity index (χ4v) is 4.23. The molecular weight excluding hydrogens is 470 g/mol. The molecule has 1 aliphatic heterocycles. The third kappa shape index (κ3) is 6.26. The molecule has 0 spiro atoms. The van der Waals surface area contributed by atoms with Crippen LogP contribution < -0.4 is 10.1 Å². The minimum atomic E-state index is -2.81. The highest BCUT2D eigenvalue weighted by molar-refractivity contribution is 5.75. The Hall–Kier alpha value is -3.34. The quantitative estimate of drug-likeness (QED) is 0.565. The first-order chi connectivity index (χ1) is 17.2. The summed E-state index contributed by atoms with van der Waals surface area (Å²) >= 11 is 0. The average Bonchev–Trinajstić information content (AvgIpc) is 3.33. The van der Waals surface area contributed by atoms with Crippen LogP contribution in [0.4, 0.5) is 13.6 Å². The highest BCUT2D eigenvalue weighted by atomic mass is 19.3. The highest BCUT2D eigenvalue weighted by Gasteiger charge is 2.27. The number of hydrogen-bond donors (Lipinski definition) is 1. The van der Waals surface area contributed by atoms with Gasteiger partial charge in [-0.05, 0) is 57.9 Å². The second-order valence-corrected chi connectivity index (χ2v) is 9.03. The van der Waals surface area contributed by atoms with E-state index in [2.05, 4.69) is 20.4 Å². The van der Waals surface area contributed by atoms with Crippen LogP contribution in [-0.2, 0) is 4.74 Å². The van der Waals surface area contributed by atoms with Gasteiger partial charge in [0.2, 0.25) is 5.92 Å². The lowest BCUT2D eigenvalue weighted by Gasteiger charge is -2.30. The van der Waals surface area contributed by atoms with Crippen molar-refractivity contribution in [1.82, 2.24) is 29.8 Å². The Morgan fingerprint density at radius 2 is 2.03 bits per heavy atom. The summed E-state index contributed by atoms with van der Waals surface area (Å²) in [6, 6.07) is 6.72. The number of amides is 2. The van der Waals surface area contributed by atoms with Gasteiger partial charge in [0.25, 0.3) is 0 Å². The number of alkyl halides is 2. The van der Waals surface area contributed by atoms with Crippen LogP contribution in [0.2, 0.25) is 0 Å². The number of urea groups is 1. The van der Waals surface area contributed by atoms with Crippen molar-refractivity contribution >= 4 is 11.5 Å². The maximum absolute atomic E-state index is 13.6.